The molecule has 118 valence electrons. The second-order valence-electron chi connectivity index (χ2n) is 5.31. The zero-order valence-electron chi connectivity index (χ0n) is 13.0. The van der Waals surface area contributed by atoms with Crippen LogP contribution in [-0.2, 0) is 0 Å². The van der Waals surface area contributed by atoms with Gasteiger partial charge in [0.15, 0.2) is 0 Å². The van der Waals surface area contributed by atoms with Gasteiger partial charge in [-0.1, -0.05) is 57.2 Å². The second-order valence-corrected chi connectivity index (χ2v) is 6.54. The Morgan fingerprint density at radius 3 is 2.19 bits per heavy atom. The number of carbonyl (C=O) groups is 1. The van der Waals surface area contributed by atoms with Gasteiger partial charge in [-0.3, -0.25) is 4.79 Å². The van der Waals surface area contributed by atoms with Crippen molar-refractivity contribution < 1.29 is 4.79 Å². The number of nitrogens with zero attached hydrogens (tertiary/aromatic N) is 1. The van der Waals surface area contributed by atoms with E-state index in [4.69, 9.17) is 11.6 Å². The molecule has 0 radical (unpaired) electrons. The normalized spacial score (nSPS) is 10.7. The number of carbonyl (C=O) groups excluding carboxylic acids is 1. The van der Waals surface area contributed by atoms with Gasteiger partial charge in [0.05, 0.1) is 10.6 Å². The van der Waals surface area contributed by atoms with Gasteiger partial charge < -0.3 is 4.90 Å². The maximum atomic E-state index is 12.7. The van der Waals surface area contributed by atoms with Crippen LogP contribution in [0.1, 0.15) is 62.7 Å². The summed E-state index contributed by atoms with van der Waals surface area (Å²) in [6, 6.07) is 5.53. The van der Waals surface area contributed by atoms with E-state index in [9.17, 15) is 4.79 Å². The fraction of sp³-hybridized carbons (Fsp3) is 0.588. The van der Waals surface area contributed by atoms with E-state index in [1.54, 1.807) is 0 Å². The molecule has 0 bridgehead atoms. The van der Waals surface area contributed by atoms with E-state index >= 15 is 0 Å². The van der Waals surface area contributed by atoms with Gasteiger partial charge in [0.2, 0.25) is 0 Å². The molecule has 0 unspecified atom stereocenters. The first-order valence-corrected chi connectivity index (χ1v) is 9.02. The first kappa shape index (κ1) is 18.5. The molecule has 2 nitrogen and oxygen atoms in total. The number of benzene rings is 1. The minimum Gasteiger partial charge on any atom is -0.339 e. The molecule has 1 amide bonds. The highest BCUT2D eigenvalue weighted by Gasteiger charge is 2.18. The predicted octanol–water partition coefficient (Wildman–Crippen LogP) is 5.93. The van der Waals surface area contributed by atoms with Crippen LogP contribution in [0.3, 0.4) is 0 Å². The first-order valence-electron chi connectivity index (χ1n) is 7.85. The Hall–Kier alpha value is -0.540. The van der Waals surface area contributed by atoms with Crippen molar-refractivity contribution in [2.75, 3.05) is 13.1 Å². The summed E-state index contributed by atoms with van der Waals surface area (Å²) >= 11 is 9.65. The highest BCUT2D eigenvalue weighted by Crippen LogP contribution is 2.27. The molecular weight excluding hydrogens is 350 g/mol. The predicted molar refractivity (Wildman–Crippen MR) is 94.1 cm³/mol. The Labute approximate surface area is 142 Å². The van der Waals surface area contributed by atoms with Crippen molar-refractivity contribution in [3.8, 4) is 0 Å². The van der Waals surface area contributed by atoms with Gasteiger partial charge in [-0.05, 0) is 40.9 Å². The Balaban J connectivity index is 2.79. The van der Waals surface area contributed by atoms with E-state index in [2.05, 4.69) is 29.8 Å². The van der Waals surface area contributed by atoms with Gasteiger partial charge in [0.25, 0.3) is 5.91 Å². The summed E-state index contributed by atoms with van der Waals surface area (Å²) in [6.07, 6.45) is 6.75. The molecule has 21 heavy (non-hydrogen) atoms. The molecule has 0 saturated carbocycles. The van der Waals surface area contributed by atoms with E-state index in [-0.39, 0.29) is 5.91 Å². The van der Waals surface area contributed by atoms with Crippen molar-refractivity contribution in [2.24, 2.45) is 0 Å². The molecule has 0 aliphatic carbocycles. The Morgan fingerprint density at radius 2 is 1.67 bits per heavy atom. The standard InChI is InChI=1S/C17H25BrClNO/c1-3-5-7-12-20(13-8-6-4-2)17(21)14-10-9-11-15(18)16(14)19/h9-11H,3-8,12-13H2,1-2H3. The quantitative estimate of drug-likeness (QED) is 0.491. The van der Waals surface area contributed by atoms with Gasteiger partial charge >= 0.3 is 0 Å². The van der Waals surface area contributed by atoms with E-state index in [0.29, 0.717) is 10.6 Å². The highest BCUT2D eigenvalue weighted by molar-refractivity contribution is 9.10. The molecular formula is C17H25BrClNO. The van der Waals surface area contributed by atoms with Crippen LogP contribution < -0.4 is 0 Å². The molecule has 0 saturated heterocycles. The summed E-state index contributed by atoms with van der Waals surface area (Å²) in [7, 11) is 0. The lowest BCUT2D eigenvalue weighted by Crippen LogP contribution is -2.33. The van der Waals surface area contributed by atoms with E-state index in [1.807, 2.05) is 23.1 Å². The van der Waals surface area contributed by atoms with Crippen molar-refractivity contribution in [2.45, 2.75) is 52.4 Å². The zero-order chi connectivity index (χ0) is 15.7. The molecule has 1 aromatic rings. The van der Waals surface area contributed by atoms with Crippen LogP contribution >= 0.6 is 27.5 Å². The van der Waals surface area contributed by atoms with E-state index in [0.717, 1.165) is 56.1 Å². The fourth-order valence-corrected chi connectivity index (χ4v) is 2.83. The van der Waals surface area contributed by atoms with Crippen LogP contribution in [0.4, 0.5) is 0 Å². The van der Waals surface area contributed by atoms with E-state index < -0.39 is 0 Å². The summed E-state index contributed by atoms with van der Waals surface area (Å²) in [6.45, 7) is 5.99. The summed E-state index contributed by atoms with van der Waals surface area (Å²) < 4.78 is 0.775. The maximum absolute atomic E-state index is 12.7. The van der Waals surface area contributed by atoms with E-state index in [1.165, 1.54) is 0 Å². The highest BCUT2D eigenvalue weighted by atomic mass is 79.9. The summed E-state index contributed by atoms with van der Waals surface area (Å²) in [5.41, 5.74) is 0.596. The van der Waals surface area contributed by atoms with Crippen LogP contribution in [0.15, 0.2) is 22.7 Å². The smallest absolute Gasteiger partial charge is 0.255 e. The second kappa shape index (κ2) is 10.2. The van der Waals surface area contributed by atoms with Gasteiger partial charge in [0.1, 0.15) is 0 Å². The van der Waals surface area contributed by atoms with Crippen LogP contribution in [0.5, 0.6) is 0 Å². The topological polar surface area (TPSA) is 20.3 Å². The Kier molecular flexibility index (Phi) is 9.02. The van der Waals surface area contributed by atoms with Gasteiger partial charge in [-0.25, -0.2) is 0 Å². The molecule has 4 heteroatoms. The average Bonchev–Trinajstić information content (AvgIpc) is 2.48. The fourth-order valence-electron chi connectivity index (χ4n) is 2.26. The van der Waals surface area contributed by atoms with Crippen molar-refractivity contribution in [3.05, 3.63) is 33.3 Å². The van der Waals surface area contributed by atoms with Crippen molar-refractivity contribution >= 4 is 33.4 Å². The lowest BCUT2D eigenvalue weighted by Gasteiger charge is -2.23. The monoisotopic (exact) mass is 373 g/mol. The lowest BCUT2D eigenvalue weighted by atomic mass is 10.1. The first-order chi connectivity index (χ1) is 10.1. The summed E-state index contributed by atoms with van der Waals surface area (Å²) in [5, 5.41) is 0.512. The molecule has 0 aliphatic heterocycles. The lowest BCUT2D eigenvalue weighted by molar-refractivity contribution is 0.0749. The third-order valence-corrected chi connectivity index (χ3v) is 4.83. The summed E-state index contributed by atoms with van der Waals surface area (Å²) in [5.74, 6) is 0.0495. The zero-order valence-corrected chi connectivity index (χ0v) is 15.3. The average molecular weight is 375 g/mol. The molecule has 0 N–H and O–H groups in total. The van der Waals surface area contributed by atoms with Gasteiger partial charge in [0, 0.05) is 17.6 Å². The number of unbranched alkanes of at least 4 members (excludes halogenated alkanes) is 4. The molecule has 0 aliphatic rings. The van der Waals surface area contributed by atoms with Crippen molar-refractivity contribution in [1.82, 2.24) is 4.90 Å². The van der Waals surface area contributed by atoms with Crippen molar-refractivity contribution in [1.29, 1.82) is 0 Å². The molecule has 0 spiro atoms. The van der Waals surface area contributed by atoms with Crippen LogP contribution in [-0.4, -0.2) is 23.9 Å². The number of halogens is 2. The molecule has 1 rings (SSSR count). The number of hydrogen-bond donors (Lipinski definition) is 0. The van der Waals surface area contributed by atoms with Gasteiger partial charge in [-0.15, -0.1) is 0 Å². The molecule has 0 fully saturated rings. The third-order valence-electron chi connectivity index (χ3n) is 3.53. The molecule has 0 atom stereocenters. The van der Waals surface area contributed by atoms with Crippen LogP contribution in [0, 0.1) is 0 Å². The summed E-state index contributed by atoms with van der Waals surface area (Å²) in [4.78, 5) is 14.7. The number of hydrogen-bond acceptors (Lipinski definition) is 1. The Morgan fingerprint density at radius 1 is 1.10 bits per heavy atom. The van der Waals surface area contributed by atoms with Crippen LogP contribution in [0.2, 0.25) is 5.02 Å². The molecule has 0 heterocycles. The van der Waals surface area contributed by atoms with Gasteiger partial charge in [-0.2, -0.15) is 0 Å². The Bertz CT molecular complexity index is 440. The number of amides is 1. The maximum Gasteiger partial charge on any atom is 0.255 e. The largest absolute Gasteiger partial charge is 0.339 e. The third kappa shape index (κ3) is 5.99. The number of rotatable bonds is 9. The molecule has 1 aromatic carbocycles. The SMILES string of the molecule is CCCCCN(CCCCC)C(=O)c1cccc(Br)c1Cl. The minimum absolute atomic E-state index is 0.0495. The van der Waals surface area contributed by atoms with Crippen molar-refractivity contribution in [3.63, 3.8) is 0 Å². The molecule has 0 aromatic heterocycles. The van der Waals surface area contributed by atoms with Crippen LogP contribution in [0.25, 0.3) is 0 Å². The minimum atomic E-state index is 0.0495.